The van der Waals surface area contributed by atoms with E-state index in [1.54, 1.807) is 6.20 Å². The van der Waals surface area contributed by atoms with Gasteiger partial charge in [-0.25, -0.2) is 9.97 Å². The topological polar surface area (TPSA) is 59.9 Å². The lowest BCUT2D eigenvalue weighted by Crippen LogP contribution is -2.39. The van der Waals surface area contributed by atoms with Crippen molar-refractivity contribution < 1.29 is 9.59 Å². The van der Waals surface area contributed by atoms with Crippen molar-refractivity contribution in [1.82, 2.24) is 9.97 Å². The summed E-state index contributed by atoms with van der Waals surface area (Å²) in [5.41, 5.74) is 0.313. The van der Waals surface area contributed by atoms with Gasteiger partial charge in [-0.15, -0.1) is 0 Å². The minimum Gasteiger partial charge on any atom is -0.298 e. The average molecular weight is 282 g/mol. The van der Waals surface area contributed by atoms with Gasteiger partial charge in [0.25, 0.3) is 0 Å². The highest BCUT2D eigenvalue weighted by Gasteiger charge is 2.41. The van der Waals surface area contributed by atoms with E-state index in [-0.39, 0.29) is 17.4 Å². The van der Waals surface area contributed by atoms with Crippen LogP contribution in [0.15, 0.2) is 30.5 Å². The summed E-state index contributed by atoms with van der Waals surface area (Å²) in [6, 6.07) is 7.53. The van der Waals surface area contributed by atoms with Crippen LogP contribution in [0.3, 0.4) is 0 Å². The van der Waals surface area contributed by atoms with Crippen molar-refractivity contribution in [3.05, 3.63) is 36.3 Å². The first-order valence-electron chi connectivity index (χ1n) is 7.29. The number of carbonyl (C=O) groups is 2. The first kappa shape index (κ1) is 13.9. The Balaban J connectivity index is 1.94. The largest absolute Gasteiger partial charge is 0.298 e. The Morgan fingerprint density at radius 2 is 2.05 bits per heavy atom. The Kier molecular flexibility index (Phi) is 3.32. The molecule has 0 amide bonds. The van der Waals surface area contributed by atoms with Crippen LogP contribution in [-0.4, -0.2) is 21.5 Å². The van der Waals surface area contributed by atoms with E-state index in [1.165, 1.54) is 0 Å². The number of carbonyl (C=O) groups excluding carboxylic acids is 2. The molecule has 1 atom stereocenters. The van der Waals surface area contributed by atoms with Crippen LogP contribution in [0.2, 0.25) is 0 Å². The second kappa shape index (κ2) is 5.02. The van der Waals surface area contributed by atoms with Gasteiger partial charge in [0.15, 0.2) is 5.82 Å². The van der Waals surface area contributed by atoms with Crippen LogP contribution in [0.25, 0.3) is 10.9 Å². The summed E-state index contributed by atoms with van der Waals surface area (Å²) in [7, 11) is 0. The van der Waals surface area contributed by atoms with Crippen molar-refractivity contribution in [2.24, 2.45) is 11.3 Å². The molecule has 3 rings (SSSR count). The van der Waals surface area contributed by atoms with Gasteiger partial charge in [0.2, 0.25) is 5.78 Å². The third kappa shape index (κ3) is 2.46. The van der Waals surface area contributed by atoms with Crippen LogP contribution < -0.4 is 0 Å². The van der Waals surface area contributed by atoms with Gasteiger partial charge >= 0.3 is 0 Å². The second-order valence-corrected chi connectivity index (χ2v) is 6.31. The summed E-state index contributed by atoms with van der Waals surface area (Å²) in [6.45, 7) is 3.83. The predicted octanol–water partition coefficient (Wildman–Crippen LogP) is 3.21. The quantitative estimate of drug-likeness (QED) is 0.627. The van der Waals surface area contributed by atoms with E-state index in [9.17, 15) is 9.59 Å². The van der Waals surface area contributed by atoms with Crippen molar-refractivity contribution in [2.45, 2.75) is 33.1 Å². The van der Waals surface area contributed by atoms with Crippen molar-refractivity contribution in [3.63, 3.8) is 0 Å². The molecule has 1 aliphatic carbocycles. The maximum atomic E-state index is 12.6. The molecule has 2 aromatic rings. The number of benzene rings is 1. The van der Waals surface area contributed by atoms with Crippen LogP contribution in [0, 0.1) is 11.3 Å². The molecular weight excluding hydrogens is 264 g/mol. The Labute approximate surface area is 123 Å². The molecule has 1 heterocycles. The highest BCUT2D eigenvalue weighted by atomic mass is 16.2. The van der Waals surface area contributed by atoms with Crippen molar-refractivity contribution in [1.29, 1.82) is 0 Å². The minimum atomic E-state index is -0.588. The standard InChI is InChI=1S/C17H18N2O2/c1-17(2)9-5-7-12(15(17)21)14(20)16-18-10-11-6-3-4-8-13(11)19-16/h3-4,6,8,10,12H,5,7,9H2,1-2H3. The number of hydrogen-bond donors (Lipinski definition) is 0. The fraction of sp³-hybridized carbons (Fsp3) is 0.412. The number of fused-ring (bicyclic) bond motifs is 1. The highest BCUT2D eigenvalue weighted by molar-refractivity contribution is 6.11. The van der Waals surface area contributed by atoms with Crippen molar-refractivity contribution >= 4 is 22.5 Å². The van der Waals surface area contributed by atoms with E-state index in [4.69, 9.17) is 0 Å². The molecule has 1 fully saturated rings. The molecule has 1 unspecified atom stereocenters. The summed E-state index contributed by atoms with van der Waals surface area (Å²) < 4.78 is 0. The van der Waals surface area contributed by atoms with Crippen LogP contribution in [-0.2, 0) is 4.79 Å². The summed E-state index contributed by atoms with van der Waals surface area (Å²) >= 11 is 0. The van der Waals surface area contributed by atoms with E-state index in [2.05, 4.69) is 9.97 Å². The molecule has 1 saturated carbocycles. The SMILES string of the molecule is CC1(C)CCCC(C(=O)c2ncc3ccccc3n2)C1=O. The third-order valence-electron chi connectivity index (χ3n) is 4.30. The normalized spacial score (nSPS) is 21.4. The summed E-state index contributed by atoms with van der Waals surface area (Å²) in [6.07, 6.45) is 3.99. The van der Waals surface area contributed by atoms with Crippen LogP contribution in [0.1, 0.15) is 43.7 Å². The van der Waals surface area contributed by atoms with Crippen LogP contribution in [0.4, 0.5) is 0 Å². The Morgan fingerprint density at radius 3 is 2.86 bits per heavy atom. The molecule has 0 saturated heterocycles. The maximum absolute atomic E-state index is 12.6. The van der Waals surface area contributed by atoms with E-state index >= 15 is 0 Å². The molecule has 1 aromatic heterocycles. The van der Waals surface area contributed by atoms with E-state index in [1.807, 2.05) is 38.1 Å². The van der Waals surface area contributed by atoms with Gasteiger partial charge in [0.1, 0.15) is 5.78 Å². The number of Topliss-reactive ketones (excluding diaryl/α,β-unsaturated/α-hetero) is 2. The number of nitrogens with zero attached hydrogens (tertiary/aromatic N) is 2. The fourth-order valence-corrected chi connectivity index (χ4v) is 2.97. The Bertz CT molecular complexity index is 722. The number of rotatable bonds is 2. The molecule has 4 heteroatoms. The monoisotopic (exact) mass is 282 g/mol. The van der Waals surface area contributed by atoms with Gasteiger partial charge in [0, 0.05) is 17.0 Å². The predicted molar refractivity (Wildman–Crippen MR) is 80.0 cm³/mol. The first-order chi connectivity index (χ1) is 9.99. The van der Waals surface area contributed by atoms with Crippen LogP contribution in [0.5, 0.6) is 0 Å². The van der Waals surface area contributed by atoms with Gasteiger partial charge < -0.3 is 0 Å². The number of hydrogen-bond acceptors (Lipinski definition) is 4. The molecule has 108 valence electrons. The fourth-order valence-electron chi connectivity index (χ4n) is 2.97. The van der Waals surface area contributed by atoms with Gasteiger partial charge in [-0.2, -0.15) is 0 Å². The number of ketones is 2. The van der Waals surface area contributed by atoms with Crippen molar-refractivity contribution in [2.75, 3.05) is 0 Å². The number of para-hydroxylation sites is 1. The molecule has 0 N–H and O–H groups in total. The molecular formula is C17H18N2O2. The molecule has 0 bridgehead atoms. The summed E-state index contributed by atoms with van der Waals surface area (Å²) in [4.78, 5) is 33.5. The Morgan fingerprint density at radius 1 is 1.29 bits per heavy atom. The van der Waals surface area contributed by atoms with Gasteiger partial charge in [0.05, 0.1) is 11.4 Å². The zero-order valence-electron chi connectivity index (χ0n) is 12.3. The van der Waals surface area contributed by atoms with E-state index in [0.29, 0.717) is 6.42 Å². The highest BCUT2D eigenvalue weighted by Crippen LogP contribution is 2.36. The van der Waals surface area contributed by atoms with E-state index < -0.39 is 11.3 Å². The summed E-state index contributed by atoms with van der Waals surface area (Å²) in [5.74, 6) is -0.645. The second-order valence-electron chi connectivity index (χ2n) is 6.31. The lowest BCUT2D eigenvalue weighted by molar-refractivity contribution is -0.132. The molecule has 1 aliphatic rings. The third-order valence-corrected chi connectivity index (χ3v) is 4.30. The summed E-state index contributed by atoms with van der Waals surface area (Å²) in [5, 5.41) is 0.893. The minimum absolute atomic E-state index is 0.0236. The van der Waals surface area contributed by atoms with Gasteiger partial charge in [-0.05, 0) is 18.9 Å². The van der Waals surface area contributed by atoms with E-state index in [0.717, 1.165) is 23.7 Å². The van der Waals surface area contributed by atoms with Crippen LogP contribution >= 0.6 is 0 Å². The Hall–Kier alpha value is -2.10. The number of aromatic nitrogens is 2. The molecule has 0 spiro atoms. The zero-order valence-corrected chi connectivity index (χ0v) is 12.3. The smallest absolute Gasteiger partial charge is 0.210 e. The molecule has 21 heavy (non-hydrogen) atoms. The molecule has 1 aromatic carbocycles. The zero-order chi connectivity index (χ0) is 15.0. The molecule has 0 radical (unpaired) electrons. The molecule has 0 aliphatic heterocycles. The van der Waals surface area contributed by atoms with Gasteiger partial charge in [-0.1, -0.05) is 38.5 Å². The van der Waals surface area contributed by atoms with Crippen molar-refractivity contribution in [3.8, 4) is 0 Å². The molecule has 4 nitrogen and oxygen atoms in total. The lowest BCUT2D eigenvalue weighted by atomic mass is 9.69. The lowest BCUT2D eigenvalue weighted by Gasteiger charge is -2.32. The first-order valence-corrected chi connectivity index (χ1v) is 7.29. The average Bonchev–Trinajstić information content (AvgIpc) is 2.49. The van der Waals surface area contributed by atoms with Gasteiger partial charge in [-0.3, -0.25) is 9.59 Å². The maximum Gasteiger partial charge on any atom is 0.210 e.